The van der Waals surface area contributed by atoms with Crippen molar-refractivity contribution < 1.29 is 23.8 Å². The van der Waals surface area contributed by atoms with Crippen LogP contribution in [-0.4, -0.2) is 28.3 Å². The topological polar surface area (TPSA) is 97.1 Å². The molecular weight excluding hydrogens is 538 g/mol. The summed E-state index contributed by atoms with van der Waals surface area (Å²) in [6, 6.07) is 30.4. The summed E-state index contributed by atoms with van der Waals surface area (Å²) in [5, 5.41) is 13.6. The molecule has 1 saturated heterocycles. The van der Waals surface area contributed by atoms with E-state index in [2.05, 4.69) is 10.3 Å². The molecule has 5 aromatic rings. The van der Waals surface area contributed by atoms with Gasteiger partial charge in [-0.05, 0) is 91.1 Å². The third kappa shape index (κ3) is 5.22. The fourth-order valence-electron chi connectivity index (χ4n) is 4.92. The molecule has 0 radical (unpaired) electrons. The molecule has 0 saturated carbocycles. The Kier molecular flexibility index (Phi) is 7.09. The molecule has 3 heterocycles. The lowest BCUT2D eigenvalue weighted by Crippen LogP contribution is -2.29. The van der Waals surface area contributed by atoms with Crippen LogP contribution in [0.5, 0.6) is 17.2 Å². The number of aromatic carboxylic acids is 1. The summed E-state index contributed by atoms with van der Waals surface area (Å²) in [4.78, 5) is 18.4. The van der Waals surface area contributed by atoms with Gasteiger partial charge in [-0.15, -0.1) is 0 Å². The fourth-order valence-corrected chi connectivity index (χ4v) is 5.26. The Morgan fingerprint density at radius 1 is 0.902 bits per heavy atom. The second kappa shape index (κ2) is 11.1. The molecule has 1 fully saturated rings. The molecule has 3 aromatic carbocycles. The summed E-state index contributed by atoms with van der Waals surface area (Å²) in [5.74, 6) is 2.16. The van der Waals surface area contributed by atoms with Gasteiger partial charge in [0.2, 0.25) is 0 Å². The van der Waals surface area contributed by atoms with Gasteiger partial charge in [0.1, 0.15) is 34.8 Å². The predicted octanol–water partition coefficient (Wildman–Crippen LogP) is 7.02. The summed E-state index contributed by atoms with van der Waals surface area (Å²) in [6.45, 7) is 0. The second-order valence-electron chi connectivity index (χ2n) is 9.32. The molecule has 0 amide bonds. The minimum atomic E-state index is -1.02. The number of ether oxygens (including phenoxy) is 2. The van der Waals surface area contributed by atoms with Crippen LogP contribution in [-0.2, 0) is 0 Å². The Morgan fingerprint density at radius 2 is 1.59 bits per heavy atom. The summed E-state index contributed by atoms with van der Waals surface area (Å²) in [7, 11) is 1.62. The van der Waals surface area contributed by atoms with Gasteiger partial charge in [0.05, 0.1) is 24.4 Å². The van der Waals surface area contributed by atoms with Crippen molar-refractivity contribution in [2.45, 2.75) is 12.1 Å². The van der Waals surface area contributed by atoms with Crippen molar-refractivity contribution in [3.05, 3.63) is 126 Å². The summed E-state index contributed by atoms with van der Waals surface area (Å²) < 4.78 is 17.6. The van der Waals surface area contributed by atoms with Crippen molar-refractivity contribution in [2.24, 2.45) is 0 Å². The lowest BCUT2D eigenvalue weighted by molar-refractivity contribution is 0.0697. The first-order valence-electron chi connectivity index (χ1n) is 12.9. The molecule has 0 spiro atoms. The number of rotatable bonds is 8. The number of hydrogen-bond donors (Lipinski definition) is 2. The number of aromatic nitrogens is 1. The predicted molar refractivity (Wildman–Crippen MR) is 159 cm³/mol. The maximum absolute atomic E-state index is 11.8. The van der Waals surface area contributed by atoms with Crippen molar-refractivity contribution in [3.8, 4) is 28.6 Å². The molecule has 2 aromatic heterocycles. The molecule has 8 nitrogen and oxygen atoms in total. The van der Waals surface area contributed by atoms with Crippen LogP contribution in [0.4, 0.5) is 5.69 Å². The molecule has 2 atom stereocenters. The van der Waals surface area contributed by atoms with Crippen LogP contribution in [0.25, 0.3) is 11.3 Å². The number of carboxylic acids is 1. The summed E-state index contributed by atoms with van der Waals surface area (Å²) >= 11 is 5.82. The van der Waals surface area contributed by atoms with E-state index in [1.807, 2.05) is 77.7 Å². The van der Waals surface area contributed by atoms with Gasteiger partial charge in [0.25, 0.3) is 0 Å². The van der Waals surface area contributed by atoms with Crippen LogP contribution in [0.2, 0.25) is 0 Å². The molecule has 2 N–H and O–H groups in total. The number of thiocarbonyl (C=S) groups is 1. The molecule has 0 bridgehead atoms. The van der Waals surface area contributed by atoms with E-state index < -0.39 is 12.0 Å². The fraction of sp³-hybridized carbons (Fsp3) is 0.0938. The number of anilines is 1. The third-order valence-corrected chi connectivity index (χ3v) is 7.16. The SMILES string of the molecule is COc1ccc(Oc2ccc(N3C(=S)N[C@@H](c4ccccn4)[C@H]3c3ccc(-c4ccccc4C(=O)O)o3)cc2)cc1. The van der Waals surface area contributed by atoms with Crippen LogP contribution in [0.15, 0.2) is 114 Å². The molecule has 204 valence electrons. The van der Waals surface area contributed by atoms with Gasteiger partial charge < -0.3 is 29.2 Å². The highest BCUT2D eigenvalue weighted by Crippen LogP contribution is 2.43. The zero-order valence-corrected chi connectivity index (χ0v) is 22.7. The first-order valence-corrected chi connectivity index (χ1v) is 13.3. The van der Waals surface area contributed by atoms with E-state index in [-0.39, 0.29) is 11.6 Å². The number of methoxy groups -OCH3 is 1. The average molecular weight is 564 g/mol. The van der Waals surface area contributed by atoms with E-state index in [9.17, 15) is 9.90 Å². The molecule has 0 aliphatic carbocycles. The molecular formula is C32H25N3O5S. The minimum Gasteiger partial charge on any atom is -0.497 e. The van der Waals surface area contributed by atoms with Crippen LogP contribution < -0.4 is 19.7 Å². The van der Waals surface area contributed by atoms with Crippen molar-refractivity contribution in [2.75, 3.05) is 12.0 Å². The Morgan fingerprint density at radius 3 is 2.27 bits per heavy atom. The number of carbonyl (C=O) groups is 1. The number of benzene rings is 3. The smallest absolute Gasteiger partial charge is 0.336 e. The van der Waals surface area contributed by atoms with Crippen molar-refractivity contribution in [1.29, 1.82) is 0 Å². The van der Waals surface area contributed by atoms with Gasteiger partial charge in [-0.25, -0.2) is 4.79 Å². The van der Waals surface area contributed by atoms with Gasteiger partial charge in [-0.1, -0.05) is 24.3 Å². The molecule has 0 unspecified atom stereocenters. The van der Waals surface area contributed by atoms with Crippen molar-refractivity contribution >= 4 is 29.0 Å². The number of nitrogens with zero attached hydrogens (tertiary/aromatic N) is 2. The summed E-state index contributed by atoms with van der Waals surface area (Å²) in [5.41, 5.74) is 2.29. The van der Waals surface area contributed by atoms with E-state index >= 15 is 0 Å². The number of furan rings is 1. The Hall–Kier alpha value is -5.15. The van der Waals surface area contributed by atoms with Gasteiger partial charge in [-0.3, -0.25) is 4.98 Å². The monoisotopic (exact) mass is 563 g/mol. The maximum Gasteiger partial charge on any atom is 0.336 e. The number of nitrogens with one attached hydrogen (secondary N) is 1. The van der Waals surface area contributed by atoms with Crippen LogP contribution in [0, 0.1) is 0 Å². The minimum absolute atomic E-state index is 0.166. The van der Waals surface area contributed by atoms with Crippen LogP contribution in [0.1, 0.15) is 33.9 Å². The van der Waals surface area contributed by atoms with Gasteiger partial charge >= 0.3 is 5.97 Å². The van der Waals surface area contributed by atoms with Gasteiger partial charge in [-0.2, -0.15) is 0 Å². The van der Waals surface area contributed by atoms with Crippen molar-refractivity contribution in [3.63, 3.8) is 0 Å². The molecule has 1 aliphatic heterocycles. The molecule has 1 aliphatic rings. The van der Waals surface area contributed by atoms with Crippen molar-refractivity contribution in [1.82, 2.24) is 10.3 Å². The zero-order chi connectivity index (χ0) is 28.3. The zero-order valence-electron chi connectivity index (χ0n) is 21.9. The Labute approximate surface area is 241 Å². The quantitative estimate of drug-likeness (QED) is 0.193. The highest BCUT2D eigenvalue weighted by molar-refractivity contribution is 7.80. The number of carboxylic acid groups (broad SMARTS) is 1. The van der Waals surface area contributed by atoms with E-state index in [0.29, 0.717) is 33.7 Å². The lowest BCUT2D eigenvalue weighted by Gasteiger charge is -2.26. The third-order valence-electron chi connectivity index (χ3n) is 6.85. The van der Waals surface area contributed by atoms with E-state index in [1.54, 1.807) is 43.6 Å². The molecule has 41 heavy (non-hydrogen) atoms. The summed E-state index contributed by atoms with van der Waals surface area (Å²) in [6.07, 6.45) is 1.74. The maximum atomic E-state index is 11.8. The molecule has 6 rings (SSSR count). The largest absolute Gasteiger partial charge is 0.497 e. The highest BCUT2D eigenvalue weighted by atomic mass is 32.1. The molecule has 9 heteroatoms. The average Bonchev–Trinajstić information content (AvgIpc) is 3.63. The Balaban J connectivity index is 1.35. The highest BCUT2D eigenvalue weighted by Gasteiger charge is 2.42. The van der Waals surface area contributed by atoms with E-state index in [0.717, 1.165) is 17.1 Å². The van der Waals surface area contributed by atoms with Crippen LogP contribution in [0.3, 0.4) is 0 Å². The second-order valence-corrected chi connectivity index (χ2v) is 9.71. The number of hydrogen-bond acceptors (Lipinski definition) is 6. The van der Waals surface area contributed by atoms with E-state index in [4.69, 9.17) is 26.1 Å². The van der Waals surface area contributed by atoms with E-state index in [1.165, 1.54) is 0 Å². The first-order chi connectivity index (χ1) is 20.0. The standard InChI is InChI=1S/C32H25N3O5S/c1-38-21-13-15-23(16-14-21)39-22-11-9-20(10-12-22)35-30(29(34-32(35)41)26-8-4-5-19-33-26)28-18-17-27(40-28)24-6-2-3-7-25(24)31(36)37/h2-19,29-30H,1H3,(H,34,41)(H,36,37)/t29-,30+/m0/s1. The number of pyridine rings is 1. The normalized spacial score (nSPS) is 16.3. The van der Waals surface area contributed by atoms with Crippen LogP contribution >= 0.6 is 12.2 Å². The lowest BCUT2D eigenvalue weighted by atomic mass is 10.0. The van der Waals surface area contributed by atoms with Gasteiger partial charge in [0, 0.05) is 17.4 Å². The van der Waals surface area contributed by atoms with Gasteiger partial charge in [0.15, 0.2) is 5.11 Å². The Bertz CT molecular complexity index is 1690. The first kappa shape index (κ1) is 26.1.